The van der Waals surface area contributed by atoms with Crippen LogP contribution in [0.2, 0.25) is 29.9 Å². The summed E-state index contributed by atoms with van der Waals surface area (Å²) in [5.41, 5.74) is 36.2. The SMILES string of the molecule is CNc1cc(Nc2cccc3c2OCCO3)nc2c(NC(N)=O)cnn12.COc1ccc(CN(C)c2cc(Cl)nc3c(N)cnn23)cc1.COc1ccc(CN(C)c2cc(Cl)nc3c(NC(N)=O)cnn23)cc1.COc1ccc(CN(C)c2cc(Nc3cccc4c3OCCO4)nc3c(NC(N)=O)cnn23)cc1.C[Si](C)(C)N=C=O.Nc1cccc2c1OCCO2. The van der Waals surface area contributed by atoms with Crippen molar-refractivity contribution >= 4 is 153 Å². The number of rotatable bonds is 21. The molecule has 11 heterocycles. The highest BCUT2D eigenvalue weighted by Gasteiger charge is 2.24. The van der Waals surface area contributed by atoms with E-state index in [0.717, 1.165) is 62.8 Å². The quantitative estimate of drug-likeness (QED) is 0.0105. The fourth-order valence-corrected chi connectivity index (χ4v) is 13.3. The van der Waals surface area contributed by atoms with Crippen LogP contribution in [0.5, 0.6) is 51.7 Å². The van der Waals surface area contributed by atoms with E-state index in [4.69, 9.17) is 94.5 Å². The lowest BCUT2D eigenvalue weighted by Gasteiger charge is -2.23. The number of nitrogens with one attached hydrogen (secondary N) is 6. The Bertz CT molecular complexity index is 6210. The van der Waals surface area contributed by atoms with Crippen LogP contribution in [-0.4, -0.2) is 180 Å². The van der Waals surface area contributed by atoms with Crippen molar-refractivity contribution < 1.29 is 61.8 Å². The fourth-order valence-electron chi connectivity index (χ4n) is 12.7. The molecule has 3 aliphatic heterocycles. The zero-order valence-corrected chi connectivity index (χ0v) is 72.7. The number of isocyanates is 1. The summed E-state index contributed by atoms with van der Waals surface area (Å²) in [6, 6.07) is 45.3. The number of primary amides is 3. The number of nitrogens with two attached hydrogens (primary N) is 5. The molecule has 0 radical (unpaired) electrons. The van der Waals surface area contributed by atoms with Gasteiger partial charge in [-0.1, -0.05) is 77.8 Å². The van der Waals surface area contributed by atoms with Crippen LogP contribution in [0.1, 0.15) is 16.7 Å². The van der Waals surface area contributed by atoms with Crippen LogP contribution in [-0.2, 0) is 24.4 Å². The van der Waals surface area contributed by atoms with Gasteiger partial charge in [-0.05, 0) is 109 Å². The van der Waals surface area contributed by atoms with Crippen LogP contribution in [0, 0.1) is 0 Å². The highest BCUT2D eigenvalue weighted by atomic mass is 35.5. The Hall–Kier alpha value is -15.6. The maximum absolute atomic E-state index is 11.5. The first-order chi connectivity index (χ1) is 60.7. The van der Waals surface area contributed by atoms with Gasteiger partial charge in [-0.15, -0.1) is 0 Å². The highest BCUT2D eigenvalue weighted by molar-refractivity contribution is 6.75. The van der Waals surface area contributed by atoms with Crippen molar-refractivity contribution in [2.24, 2.45) is 21.9 Å². The number of carbonyl (C=O) groups is 3. The van der Waals surface area contributed by atoms with E-state index >= 15 is 0 Å². The Morgan fingerprint density at radius 3 is 1.19 bits per heavy atom. The van der Waals surface area contributed by atoms with Crippen LogP contribution in [0.3, 0.4) is 0 Å². The van der Waals surface area contributed by atoms with Gasteiger partial charge in [-0.3, -0.25) is 0 Å². The predicted octanol–water partition coefficient (Wildman–Crippen LogP) is 12.5. The monoisotopic (exact) mass is 1770 g/mol. The standard InChI is InChI=1S/C24H25N7O4.C16H17ClN6O2.C16H17N7O3.C15H16ClN5O.C8H9NO2.C4H9NOSi/c1-30(14-15-6-8-16(33-2)9-7-15)21-12-20(29-23-18(28-24(25)32)13-26-31(21)23)27-17-4-3-5-19-22(17)35-11-10-34-19;1-22(9-10-3-5-11(25-2)6-4-10)14-7-13(17)21-15-12(20-16(18)24)8-19-23(14)15;1-18-13-7-12(22-15-10(21-16(17)24)8-19-23(13)15)20-9-3-2-4-11-14(9)26-6-5-25-11;1-20(9-10-3-5-11(22-2)6-4-10)14-7-13(16)19-15-12(17)8-18-21(14)15;9-6-2-1-3-7-8(6)11-5-4-10-7;1-7(2,3)5-4-6/h3-9,12-13H,10-11,14H2,1-2H3,(H,27,29)(H3,25,28,32);3-8H,9H2,1-2H3,(H3,18,20,24);2-4,7-8,18H,5-6H2,1H3,(H,20,22)(H3,17,21,24);3-8H,9,17H2,1-2H3;1-3H,4-5,9H2;1-3H3. The number of nitrogen functional groups attached to an aromatic ring is 2. The molecule has 3 aliphatic rings. The van der Waals surface area contributed by atoms with Gasteiger partial charge in [0.25, 0.3) is 0 Å². The summed E-state index contributed by atoms with van der Waals surface area (Å²) in [6.07, 6.45) is 7.60. The number of urea groups is 3. The number of aromatic nitrogens is 12. The molecule has 0 unspecified atom stereocenters. The number of hydrogen-bond acceptors (Lipinski definition) is 30. The molecular formula is C83H93Cl2N27O13Si. The van der Waals surface area contributed by atoms with E-state index < -0.39 is 26.3 Å². The van der Waals surface area contributed by atoms with E-state index in [2.05, 4.69) is 76.9 Å². The van der Waals surface area contributed by atoms with Gasteiger partial charge in [0.05, 0.1) is 68.9 Å². The molecule has 0 spiro atoms. The number of hydrogen-bond donors (Lipinski definition) is 11. The summed E-state index contributed by atoms with van der Waals surface area (Å²) in [5, 5.41) is 35.0. The van der Waals surface area contributed by atoms with Gasteiger partial charge < -0.3 is 118 Å². The van der Waals surface area contributed by atoms with Crippen LogP contribution in [0.15, 0.2) is 181 Å². The maximum Gasteiger partial charge on any atom is 0.316 e. The van der Waals surface area contributed by atoms with Gasteiger partial charge in [0.1, 0.15) is 119 Å². The topological polar surface area (TPSA) is 496 Å². The summed E-state index contributed by atoms with van der Waals surface area (Å²) >= 11 is 12.2. The molecule has 656 valence electrons. The van der Waals surface area contributed by atoms with Crippen molar-refractivity contribution in [2.75, 3.05) is 147 Å². The summed E-state index contributed by atoms with van der Waals surface area (Å²) in [6.45, 7) is 11.0. The average molecular weight is 1780 g/mol. The number of nitrogens with zero attached hydrogens (tertiary/aromatic N) is 16. The Balaban J connectivity index is 0.000000145. The van der Waals surface area contributed by atoms with E-state index in [1.807, 2.05) is 183 Å². The fraction of sp³-hybridized carbons (Fsp3) is 0.229. The molecule has 6 aromatic carbocycles. The zero-order valence-electron chi connectivity index (χ0n) is 70.2. The number of methoxy groups -OCH3 is 3. The molecule has 8 aromatic heterocycles. The molecule has 40 nitrogen and oxygen atoms in total. The Morgan fingerprint density at radius 1 is 0.452 bits per heavy atom. The first-order valence-corrected chi connectivity index (χ1v) is 42.9. The van der Waals surface area contributed by atoms with Crippen molar-refractivity contribution in [3.05, 3.63) is 203 Å². The minimum absolute atomic E-state index is 0.289. The van der Waals surface area contributed by atoms with Crippen LogP contribution in [0.4, 0.5) is 89.1 Å². The molecule has 17 rings (SSSR count). The molecule has 0 bridgehead atoms. The maximum atomic E-state index is 11.5. The highest BCUT2D eigenvalue weighted by Crippen LogP contribution is 2.42. The second-order valence-electron chi connectivity index (χ2n) is 28.6. The van der Waals surface area contributed by atoms with Crippen molar-refractivity contribution in [1.82, 2.24) is 58.4 Å². The smallest absolute Gasteiger partial charge is 0.316 e. The predicted molar refractivity (Wildman–Crippen MR) is 486 cm³/mol. The molecule has 0 aliphatic carbocycles. The molecule has 0 saturated heterocycles. The van der Waals surface area contributed by atoms with E-state index in [-0.39, 0.29) is 5.15 Å². The lowest BCUT2D eigenvalue weighted by Crippen LogP contribution is -2.21. The zero-order chi connectivity index (χ0) is 89.7. The normalized spacial score (nSPS) is 11.9. The Kier molecular flexibility index (Phi) is 29.4. The molecule has 126 heavy (non-hydrogen) atoms. The summed E-state index contributed by atoms with van der Waals surface area (Å²) in [4.78, 5) is 67.1. The molecule has 6 amide bonds. The van der Waals surface area contributed by atoms with Crippen molar-refractivity contribution in [3.63, 3.8) is 0 Å². The Morgan fingerprint density at radius 2 is 0.802 bits per heavy atom. The average Bonchev–Trinajstić information content (AvgIpc) is 1.70. The van der Waals surface area contributed by atoms with E-state index in [9.17, 15) is 19.2 Å². The van der Waals surface area contributed by atoms with Gasteiger partial charge in [-0.25, -0.2) is 43.8 Å². The van der Waals surface area contributed by atoms with E-state index in [1.54, 1.807) is 83.0 Å². The first kappa shape index (κ1) is 89.6. The molecule has 0 atom stereocenters. The molecule has 43 heteroatoms. The van der Waals surface area contributed by atoms with Gasteiger partial charge in [0.15, 0.2) is 65.3 Å². The van der Waals surface area contributed by atoms with Crippen LogP contribution >= 0.6 is 23.2 Å². The van der Waals surface area contributed by atoms with Gasteiger partial charge in [0, 0.05) is 72.1 Å². The largest absolute Gasteiger partial charge is 0.497 e. The summed E-state index contributed by atoms with van der Waals surface area (Å²) < 4.78 is 59.1. The van der Waals surface area contributed by atoms with Gasteiger partial charge >= 0.3 is 18.1 Å². The van der Waals surface area contributed by atoms with E-state index in [1.165, 1.54) is 18.6 Å². The van der Waals surface area contributed by atoms with Gasteiger partial charge in [0.2, 0.25) is 6.08 Å². The van der Waals surface area contributed by atoms with Crippen molar-refractivity contribution in [3.8, 4) is 51.7 Å². The number of anilines is 13. The van der Waals surface area contributed by atoms with Gasteiger partial charge in [-0.2, -0.15) is 38.5 Å². The van der Waals surface area contributed by atoms with Crippen molar-refractivity contribution in [2.45, 2.75) is 39.3 Å². The van der Waals surface area contributed by atoms with Crippen LogP contribution in [0.25, 0.3) is 22.6 Å². The number of benzene rings is 6. The molecular weight excluding hydrogens is 1680 g/mol. The number of carbonyl (C=O) groups excluding carboxylic acids is 4. The molecule has 0 saturated carbocycles. The molecule has 14 aromatic rings. The number of para-hydroxylation sites is 3. The number of halogens is 2. The third-order valence-electron chi connectivity index (χ3n) is 18.4. The second-order valence-corrected chi connectivity index (χ2v) is 33.9. The number of amides is 6. The summed E-state index contributed by atoms with van der Waals surface area (Å²) in [7, 11) is 11.1. The molecule has 16 N–H and O–H groups in total. The number of fused-ring (bicyclic) bond motifs is 7. The van der Waals surface area contributed by atoms with Crippen molar-refractivity contribution in [1.29, 1.82) is 0 Å². The Labute approximate surface area is 732 Å². The van der Waals surface area contributed by atoms with E-state index in [0.29, 0.717) is 167 Å². The lowest BCUT2D eigenvalue weighted by atomic mass is 10.2. The first-order valence-electron chi connectivity index (χ1n) is 38.7. The second kappa shape index (κ2) is 41.3. The third kappa shape index (κ3) is 22.9. The summed E-state index contributed by atoms with van der Waals surface area (Å²) in [5.74, 6) is 10.5. The minimum Gasteiger partial charge on any atom is -0.497 e. The minimum atomic E-state index is -1.46. The third-order valence-corrected chi connectivity index (χ3v) is 19.5. The lowest BCUT2D eigenvalue weighted by molar-refractivity contribution is 0.172. The number of ether oxygens (including phenoxy) is 9. The van der Waals surface area contributed by atoms with Crippen LogP contribution < -0.4 is 118 Å². The molecule has 0 fully saturated rings.